The fourth-order valence-corrected chi connectivity index (χ4v) is 3.68. The molecule has 2 aromatic rings. The number of hydrogen-bond acceptors (Lipinski definition) is 5. The maximum absolute atomic E-state index is 15.4. The first-order chi connectivity index (χ1) is 15.1. The Morgan fingerprint density at radius 3 is 2.34 bits per heavy atom. The number of hydrogen-bond donors (Lipinski definition) is 1. The lowest BCUT2D eigenvalue weighted by atomic mass is 9.95. The van der Waals surface area contributed by atoms with Gasteiger partial charge < -0.3 is 5.32 Å². The van der Waals surface area contributed by atoms with Gasteiger partial charge >= 0.3 is 0 Å². The second kappa shape index (κ2) is 12.4. The van der Waals surface area contributed by atoms with E-state index < -0.39 is 22.6 Å². The number of carbonyl (C=O) groups excluding carboxylic acids is 2. The molecule has 6 nitrogen and oxygen atoms in total. The zero-order valence-corrected chi connectivity index (χ0v) is 20.0. The van der Waals surface area contributed by atoms with Crippen molar-refractivity contribution in [1.29, 1.82) is 0 Å². The molecule has 2 atom stereocenters. The topological polar surface area (TPSA) is 89.3 Å². The summed E-state index contributed by atoms with van der Waals surface area (Å²) in [6.07, 6.45) is 0.838. The number of nitro groups is 1. The van der Waals surface area contributed by atoms with Crippen molar-refractivity contribution in [2.45, 2.75) is 66.5 Å². The van der Waals surface area contributed by atoms with Gasteiger partial charge in [0.1, 0.15) is 11.6 Å². The molecule has 8 heteroatoms. The number of rotatable bonds is 9. The Kier molecular flexibility index (Phi) is 10.6. The first-order valence-corrected chi connectivity index (χ1v) is 11.0. The molecule has 2 rings (SSSR count). The second-order valence-corrected chi connectivity index (χ2v) is 7.75. The predicted octanol–water partition coefficient (Wildman–Crippen LogP) is 6.36. The molecular weight excluding hydrogens is 435 g/mol. The van der Waals surface area contributed by atoms with Gasteiger partial charge in [-0.05, 0) is 45.4 Å². The van der Waals surface area contributed by atoms with Gasteiger partial charge in [0, 0.05) is 41.3 Å². The molecule has 0 radical (unpaired) electrons. The second-order valence-electron chi connectivity index (χ2n) is 7.35. The summed E-state index contributed by atoms with van der Waals surface area (Å²) in [5.41, 5.74) is 0.287. The molecule has 0 saturated carbocycles. The summed E-state index contributed by atoms with van der Waals surface area (Å²) in [6.45, 7) is 10.7. The van der Waals surface area contributed by atoms with E-state index in [4.69, 9.17) is 11.6 Å². The largest absolute Gasteiger partial charge is 0.307 e. The summed E-state index contributed by atoms with van der Waals surface area (Å²) in [7, 11) is 0. The van der Waals surface area contributed by atoms with E-state index in [0.717, 1.165) is 0 Å². The number of carbonyl (C=O) groups is 2. The highest BCUT2D eigenvalue weighted by Crippen LogP contribution is 2.31. The van der Waals surface area contributed by atoms with Crippen LogP contribution >= 0.6 is 11.6 Å². The molecule has 0 bridgehead atoms. The third-order valence-electron chi connectivity index (χ3n) is 4.87. The lowest BCUT2D eigenvalue weighted by molar-refractivity contribution is -0.385. The van der Waals surface area contributed by atoms with Crippen LogP contribution < -0.4 is 5.32 Å². The molecule has 0 aliphatic heterocycles. The molecule has 0 amide bonds. The van der Waals surface area contributed by atoms with Crippen LogP contribution in [0.1, 0.15) is 80.6 Å². The fourth-order valence-electron chi connectivity index (χ4n) is 3.45. The van der Waals surface area contributed by atoms with Crippen LogP contribution in [0.25, 0.3) is 0 Å². The molecule has 0 saturated heterocycles. The van der Waals surface area contributed by atoms with Gasteiger partial charge in [0.15, 0.2) is 5.78 Å². The third-order valence-corrected chi connectivity index (χ3v) is 5.18. The highest BCUT2D eigenvalue weighted by Gasteiger charge is 2.25. The van der Waals surface area contributed by atoms with Crippen LogP contribution in [0.15, 0.2) is 30.3 Å². The van der Waals surface area contributed by atoms with E-state index in [1.807, 2.05) is 27.7 Å². The first-order valence-electron chi connectivity index (χ1n) is 10.6. The fraction of sp³-hybridized carbons (Fsp3) is 0.417. The molecule has 0 aliphatic carbocycles. The molecule has 0 aliphatic rings. The van der Waals surface area contributed by atoms with Gasteiger partial charge in [-0.2, -0.15) is 0 Å². The Morgan fingerprint density at radius 1 is 1.22 bits per heavy atom. The molecule has 174 valence electrons. The van der Waals surface area contributed by atoms with Crippen molar-refractivity contribution >= 4 is 28.9 Å². The van der Waals surface area contributed by atoms with Crippen LogP contribution in [-0.4, -0.2) is 22.5 Å². The Morgan fingerprint density at radius 2 is 1.84 bits per heavy atom. The van der Waals surface area contributed by atoms with Crippen molar-refractivity contribution in [2.75, 3.05) is 0 Å². The number of benzene rings is 2. The van der Waals surface area contributed by atoms with Crippen molar-refractivity contribution in [2.24, 2.45) is 0 Å². The molecule has 32 heavy (non-hydrogen) atoms. The summed E-state index contributed by atoms with van der Waals surface area (Å²) in [6, 6.07) is 6.27. The smallest absolute Gasteiger partial charge is 0.272 e. The number of nitro benzene ring substituents is 1. The van der Waals surface area contributed by atoms with Crippen molar-refractivity contribution < 1.29 is 18.9 Å². The molecule has 1 N–H and O–H groups in total. The van der Waals surface area contributed by atoms with Gasteiger partial charge in [-0.25, -0.2) is 4.39 Å². The van der Waals surface area contributed by atoms with E-state index >= 15 is 4.39 Å². The van der Waals surface area contributed by atoms with Gasteiger partial charge in [0.25, 0.3) is 5.69 Å². The molecular formula is C24H30ClFN2O4. The summed E-state index contributed by atoms with van der Waals surface area (Å²) in [5.74, 6) is -1.37. The zero-order valence-electron chi connectivity index (χ0n) is 19.3. The standard InChI is InChI=1S/C22H24ClFN2O4.C2H6/c1-5-18(25-13(3)11-14(4)27)16-7-8-17(23)20(21(16)24)22(28)15-6-9-19(26(29)30)12(2)10-15;1-2/h6-10,13,18,25H,5,11H2,1-4H3;1-2H3. The summed E-state index contributed by atoms with van der Waals surface area (Å²) < 4.78 is 15.4. The van der Waals surface area contributed by atoms with Gasteiger partial charge in [-0.15, -0.1) is 0 Å². The van der Waals surface area contributed by atoms with Crippen molar-refractivity contribution in [3.8, 4) is 0 Å². The Labute approximate surface area is 193 Å². The Hall–Kier alpha value is -2.64. The molecule has 0 fully saturated rings. The average molecular weight is 465 g/mol. The van der Waals surface area contributed by atoms with Gasteiger partial charge in [-0.3, -0.25) is 19.7 Å². The maximum atomic E-state index is 15.4. The highest BCUT2D eigenvalue weighted by molar-refractivity contribution is 6.35. The van der Waals surface area contributed by atoms with Crippen LogP contribution in [-0.2, 0) is 4.79 Å². The van der Waals surface area contributed by atoms with E-state index in [1.165, 1.54) is 44.2 Å². The number of Topliss-reactive ketones (excluding diaryl/α,β-unsaturated/α-hetero) is 1. The summed E-state index contributed by atoms with van der Waals surface area (Å²) in [5, 5.41) is 14.2. The normalized spacial score (nSPS) is 12.4. The van der Waals surface area contributed by atoms with E-state index in [0.29, 0.717) is 18.4 Å². The summed E-state index contributed by atoms with van der Waals surface area (Å²) >= 11 is 6.16. The van der Waals surface area contributed by atoms with Gasteiger partial charge in [0.2, 0.25) is 0 Å². The van der Waals surface area contributed by atoms with Crippen LogP contribution in [0.3, 0.4) is 0 Å². The van der Waals surface area contributed by atoms with Crippen LogP contribution in [0.5, 0.6) is 0 Å². The number of halogens is 2. The zero-order chi connectivity index (χ0) is 24.6. The minimum Gasteiger partial charge on any atom is -0.307 e. The lowest BCUT2D eigenvalue weighted by Crippen LogP contribution is -2.32. The molecule has 0 heterocycles. The number of aryl methyl sites for hydroxylation is 1. The summed E-state index contributed by atoms with van der Waals surface area (Å²) in [4.78, 5) is 34.8. The van der Waals surface area contributed by atoms with E-state index in [1.54, 1.807) is 0 Å². The minimum absolute atomic E-state index is 0.0193. The molecule has 0 aromatic heterocycles. The third kappa shape index (κ3) is 6.68. The van der Waals surface area contributed by atoms with Crippen LogP contribution in [0.4, 0.5) is 10.1 Å². The lowest BCUT2D eigenvalue weighted by Gasteiger charge is -2.23. The Bertz CT molecular complexity index is 994. The van der Waals surface area contributed by atoms with E-state index in [2.05, 4.69) is 5.32 Å². The molecule has 0 spiro atoms. The monoisotopic (exact) mass is 464 g/mol. The quantitative estimate of drug-likeness (QED) is 0.265. The number of nitrogens with one attached hydrogen (secondary N) is 1. The van der Waals surface area contributed by atoms with Crippen LogP contribution in [0.2, 0.25) is 5.02 Å². The number of nitrogens with zero attached hydrogens (tertiary/aromatic N) is 1. The van der Waals surface area contributed by atoms with Crippen molar-refractivity contribution in [1.82, 2.24) is 5.32 Å². The molecule has 2 aromatic carbocycles. The first kappa shape index (κ1) is 27.4. The van der Waals surface area contributed by atoms with Crippen molar-refractivity contribution in [3.05, 3.63) is 73.5 Å². The average Bonchev–Trinajstić information content (AvgIpc) is 2.73. The van der Waals surface area contributed by atoms with Crippen LogP contribution in [0, 0.1) is 22.9 Å². The number of ketones is 2. The SMILES string of the molecule is CC.CCC(NC(C)CC(C)=O)c1ccc(Cl)c(C(=O)c2ccc([N+](=O)[O-])c(C)c2)c1F. The maximum Gasteiger partial charge on any atom is 0.272 e. The molecule has 2 unspecified atom stereocenters. The van der Waals surface area contributed by atoms with Gasteiger partial charge in [-0.1, -0.05) is 38.4 Å². The Balaban J connectivity index is 0.00000249. The van der Waals surface area contributed by atoms with Gasteiger partial charge in [0.05, 0.1) is 15.5 Å². The van der Waals surface area contributed by atoms with E-state index in [9.17, 15) is 19.7 Å². The van der Waals surface area contributed by atoms with Crippen molar-refractivity contribution in [3.63, 3.8) is 0 Å². The van der Waals surface area contributed by atoms with E-state index in [-0.39, 0.29) is 39.2 Å². The minimum atomic E-state index is -0.738. The predicted molar refractivity (Wildman–Crippen MR) is 125 cm³/mol. The highest BCUT2D eigenvalue weighted by atomic mass is 35.5.